The van der Waals surface area contributed by atoms with Crippen LogP contribution in [0.1, 0.15) is 30.1 Å². The predicted molar refractivity (Wildman–Crippen MR) is 109 cm³/mol. The number of aliphatic hydroxyl groups excluding tert-OH is 1. The van der Waals surface area contributed by atoms with Crippen molar-refractivity contribution in [3.05, 3.63) is 47.8 Å². The average molecular weight is 452 g/mol. The van der Waals surface area contributed by atoms with E-state index in [1.807, 2.05) is 18.2 Å². The molecule has 10 nitrogen and oxygen atoms in total. The lowest BCUT2D eigenvalue weighted by atomic mass is 10.1. The number of hydrogen-bond donors (Lipinski definition) is 2. The maximum absolute atomic E-state index is 11.0. The highest BCUT2D eigenvalue weighted by atomic mass is 32.2. The van der Waals surface area contributed by atoms with E-state index in [0.29, 0.717) is 31.0 Å². The molecule has 1 fully saturated rings. The fraction of sp³-hybridized carbons (Fsp3) is 0.500. The van der Waals surface area contributed by atoms with Crippen molar-refractivity contribution in [2.45, 2.75) is 43.7 Å². The minimum absolute atomic E-state index is 0.194. The van der Waals surface area contributed by atoms with Gasteiger partial charge < -0.3 is 19.3 Å². The summed E-state index contributed by atoms with van der Waals surface area (Å²) in [6.07, 6.45) is 1.25. The van der Waals surface area contributed by atoms with Gasteiger partial charge in [-0.2, -0.15) is 8.42 Å². The summed E-state index contributed by atoms with van der Waals surface area (Å²) in [5, 5.41) is 15.0. The molecule has 1 aromatic carbocycles. The van der Waals surface area contributed by atoms with Gasteiger partial charge in [0.25, 0.3) is 0 Å². The Kier molecular flexibility index (Phi) is 6.39. The van der Waals surface area contributed by atoms with Gasteiger partial charge in [-0.05, 0) is 17.5 Å². The lowest BCUT2D eigenvalue weighted by molar-refractivity contribution is 0.0102. The molecule has 0 saturated heterocycles. The maximum Gasteiger partial charge on any atom is 0.333 e. The van der Waals surface area contributed by atoms with Crippen molar-refractivity contribution < 1.29 is 31.9 Å². The molecule has 2 aliphatic carbocycles. The topological polar surface area (TPSA) is 143 Å². The molecule has 0 aliphatic heterocycles. The zero-order chi connectivity index (χ0) is 22.0. The third-order valence-corrected chi connectivity index (χ3v) is 6.08. The zero-order valence-corrected chi connectivity index (χ0v) is 17.8. The third-order valence-electron chi connectivity index (χ3n) is 5.61. The van der Waals surface area contributed by atoms with Crippen LogP contribution >= 0.6 is 0 Å². The van der Waals surface area contributed by atoms with E-state index in [0.717, 1.165) is 5.56 Å². The Hall–Kier alpha value is -2.31. The van der Waals surface area contributed by atoms with Crippen molar-refractivity contribution in [3.63, 3.8) is 0 Å². The Morgan fingerprint density at radius 2 is 1.90 bits per heavy atom. The Morgan fingerprint density at radius 3 is 2.65 bits per heavy atom. The van der Waals surface area contributed by atoms with Crippen molar-refractivity contribution in [3.8, 4) is 11.8 Å². The molecule has 11 heteroatoms. The van der Waals surface area contributed by atoms with E-state index < -0.39 is 22.3 Å². The number of ether oxygens (including phenoxy) is 3. The molecule has 1 heterocycles. The molecule has 31 heavy (non-hydrogen) atoms. The van der Waals surface area contributed by atoms with Gasteiger partial charge in [-0.15, -0.1) is 0 Å². The number of aliphatic hydroxyl groups is 1. The van der Waals surface area contributed by atoms with Crippen molar-refractivity contribution >= 4 is 10.3 Å². The first-order valence-electron chi connectivity index (χ1n) is 9.93. The summed E-state index contributed by atoms with van der Waals surface area (Å²) in [6, 6.07) is 9.64. The summed E-state index contributed by atoms with van der Waals surface area (Å²) in [5.74, 6) is 0.262. The summed E-state index contributed by atoms with van der Waals surface area (Å²) in [7, 11) is -2.40. The van der Waals surface area contributed by atoms with E-state index in [1.165, 1.54) is 11.9 Å². The van der Waals surface area contributed by atoms with Gasteiger partial charge in [0.05, 0.1) is 18.8 Å². The molecule has 168 valence electrons. The highest BCUT2D eigenvalue weighted by molar-refractivity contribution is 7.84. The molecule has 2 aliphatic rings. The highest BCUT2D eigenvalue weighted by Gasteiger charge is 2.36. The lowest BCUT2D eigenvalue weighted by Gasteiger charge is -2.20. The van der Waals surface area contributed by atoms with Gasteiger partial charge in [0.1, 0.15) is 24.6 Å². The predicted octanol–water partition coefficient (Wildman–Crippen LogP) is 0.906. The Labute approximate surface area is 180 Å². The first-order chi connectivity index (χ1) is 14.8. The smallest absolute Gasteiger partial charge is 0.333 e. The van der Waals surface area contributed by atoms with Crippen molar-refractivity contribution in [2.24, 2.45) is 11.1 Å². The number of methoxy groups -OCH3 is 1. The van der Waals surface area contributed by atoms with Gasteiger partial charge in [-0.3, -0.25) is 4.18 Å². The lowest BCUT2D eigenvalue weighted by Crippen LogP contribution is -2.24. The third kappa shape index (κ3) is 5.31. The molecule has 0 amide bonds. The van der Waals surface area contributed by atoms with Gasteiger partial charge in [0.2, 0.25) is 11.8 Å². The van der Waals surface area contributed by atoms with Crippen LogP contribution in [0.25, 0.3) is 0 Å². The number of nitrogens with two attached hydrogens (primary N) is 1. The van der Waals surface area contributed by atoms with Crippen LogP contribution in [0, 0.1) is 5.92 Å². The van der Waals surface area contributed by atoms with E-state index in [1.54, 1.807) is 13.2 Å². The van der Waals surface area contributed by atoms with Crippen molar-refractivity contribution in [1.82, 2.24) is 9.97 Å². The molecule has 1 saturated carbocycles. The van der Waals surface area contributed by atoms with Crippen LogP contribution < -0.4 is 14.6 Å². The minimum atomic E-state index is -4.05. The average Bonchev–Trinajstić information content (AvgIpc) is 3.25. The number of rotatable bonds is 8. The van der Waals surface area contributed by atoms with Gasteiger partial charge in [0, 0.05) is 25.9 Å². The van der Waals surface area contributed by atoms with Gasteiger partial charge >= 0.3 is 10.3 Å². The fourth-order valence-electron chi connectivity index (χ4n) is 4.19. The second-order valence-corrected chi connectivity index (χ2v) is 8.95. The fourth-order valence-corrected chi connectivity index (χ4v) is 4.56. The summed E-state index contributed by atoms with van der Waals surface area (Å²) < 4.78 is 44.1. The molecule has 5 atom stereocenters. The zero-order valence-electron chi connectivity index (χ0n) is 17.0. The number of nitrogens with zero attached hydrogens (tertiary/aromatic N) is 2. The quantitative estimate of drug-likeness (QED) is 0.598. The molecular formula is C20H25N3O7S. The molecule has 0 bridgehead atoms. The number of hydrogen-bond acceptors (Lipinski definition) is 9. The number of fused-ring (bicyclic) bond motifs is 1. The molecule has 1 aromatic heterocycles. The summed E-state index contributed by atoms with van der Waals surface area (Å²) in [4.78, 5) is 8.29. The Balaban J connectivity index is 1.37. The first kappa shape index (κ1) is 21.9. The van der Waals surface area contributed by atoms with Crippen LogP contribution in [0.3, 0.4) is 0 Å². The first-order valence-corrected chi connectivity index (χ1v) is 11.4. The Morgan fingerprint density at radius 1 is 1.16 bits per heavy atom. The largest absolute Gasteiger partial charge is 0.474 e. The van der Waals surface area contributed by atoms with Gasteiger partial charge in [-0.25, -0.2) is 15.1 Å². The SMILES string of the molecule is CO[C@@H]1c2ccccc2CC1Oc1cc(O[C@@H]2C[C@@H](COS(N)(=O)=O)[C@@H](O)C2)ncn1. The molecule has 0 radical (unpaired) electrons. The van der Waals surface area contributed by atoms with Crippen LogP contribution in [-0.2, 0) is 25.6 Å². The van der Waals surface area contributed by atoms with E-state index in [2.05, 4.69) is 20.2 Å². The number of benzene rings is 1. The maximum atomic E-state index is 11.0. The van der Waals surface area contributed by atoms with E-state index in [-0.39, 0.29) is 24.9 Å². The molecule has 1 unspecified atom stereocenters. The molecule has 2 aromatic rings. The van der Waals surface area contributed by atoms with E-state index >= 15 is 0 Å². The second kappa shape index (κ2) is 9.05. The van der Waals surface area contributed by atoms with Crippen LogP contribution in [-0.4, -0.2) is 55.5 Å². The van der Waals surface area contributed by atoms with Crippen molar-refractivity contribution in [1.29, 1.82) is 0 Å². The highest BCUT2D eigenvalue weighted by Crippen LogP contribution is 2.36. The molecular weight excluding hydrogens is 426 g/mol. The van der Waals surface area contributed by atoms with Gasteiger partial charge in [-0.1, -0.05) is 24.3 Å². The minimum Gasteiger partial charge on any atom is -0.474 e. The molecule has 4 rings (SSSR count). The van der Waals surface area contributed by atoms with E-state index in [4.69, 9.17) is 19.3 Å². The standard InChI is InChI=1S/C20H25N3O7S/c1-27-20-15-5-3-2-4-12(15)7-17(20)30-19-9-18(22-11-23-19)29-14-6-13(16(24)8-14)10-28-31(21,25)26/h2-5,9,11,13-14,16-17,20,24H,6-8,10H2,1H3,(H2,21,25,26)/t13-,14+,16-,17?,20+/m0/s1. The van der Waals surface area contributed by atoms with E-state index in [9.17, 15) is 13.5 Å². The van der Waals surface area contributed by atoms with Crippen LogP contribution in [0.4, 0.5) is 0 Å². The summed E-state index contributed by atoms with van der Waals surface area (Å²) >= 11 is 0. The molecule has 0 spiro atoms. The van der Waals surface area contributed by atoms with Crippen LogP contribution in [0.2, 0.25) is 0 Å². The van der Waals surface area contributed by atoms with Crippen LogP contribution in [0.15, 0.2) is 36.7 Å². The normalized spacial score (nSPS) is 27.8. The Bertz CT molecular complexity index is 1020. The van der Waals surface area contributed by atoms with Crippen molar-refractivity contribution in [2.75, 3.05) is 13.7 Å². The van der Waals surface area contributed by atoms with Gasteiger partial charge in [0.15, 0.2) is 0 Å². The van der Waals surface area contributed by atoms with Crippen LogP contribution in [0.5, 0.6) is 11.8 Å². The summed E-state index contributed by atoms with van der Waals surface area (Å²) in [6.45, 7) is -0.196. The monoisotopic (exact) mass is 451 g/mol. The summed E-state index contributed by atoms with van der Waals surface area (Å²) in [5.41, 5.74) is 2.28. The molecule has 3 N–H and O–H groups in total. The second-order valence-electron chi connectivity index (χ2n) is 7.73. The number of aromatic nitrogens is 2.